The molecule has 0 fully saturated rings. The number of nitrogens with zero attached hydrogens (tertiary/aromatic N) is 3. The van der Waals surface area contributed by atoms with E-state index >= 15 is 0 Å². The molecule has 6 heteroatoms. The summed E-state index contributed by atoms with van der Waals surface area (Å²) in [6, 6.07) is 4.30. The summed E-state index contributed by atoms with van der Waals surface area (Å²) in [6.07, 6.45) is -0.281. The van der Waals surface area contributed by atoms with Crippen LogP contribution < -0.4 is 0 Å². The predicted octanol–water partition coefficient (Wildman–Crippen LogP) is 2.86. The number of carbonyl (C=O) groups is 1. The van der Waals surface area contributed by atoms with Crippen LogP contribution >= 0.6 is 11.6 Å². The second kappa shape index (κ2) is 4.60. The number of azide groups is 1. The molecule has 1 aromatic carbocycles. The second-order valence-corrected chi connectivity index (χ2v) is 2.88. The van der Waals surface area contributed by atoms with Crippen molar-refractivity contribution in [2.45, 2.75) is 6.42 Å². The maximum absolute atomic E-state index is 13.2. The Balaban J connectivity index is 2.92. The number of hydrogen-bond acceptors (Lipinski definition) is 1. The van der Waals surface area contributed by atoms with E-state index in [1.807, 2.05) is 0 Å². The van der Waals surface area contributed by atoms with E-state index in [0.717, 1.165) is 0 Å². The van der Waals surface area contributed by atoms with E-state index in [1.165, 1.54) is 18.2 Å². The Bertz CT molecular complexity index is 415. The molecule has 1 rings (SSSR count). The van der Waals surface area contributed by atoms with Crippen molar-refractivity contribution in [1.82, 2.24) is 0 Å². The van der Waals surface area contributed by atoms with Gasteiger partial charge in [-0.1, -0.05) is 23.7 Å². The van der Waals surface area contributed by atoms with Gasteiger partial charge >= 0.3 is 0 Å². The molecule has 0 bridgehead atoms. The topological polar surface area (TPSA) is 65.8 Å². The van der Waals surface area contributed by atoms with Gasteiger partial charge in [0.2, 0.25) is 5.91 Å². The summed E-state index contributed by atoms with van der Waals surface area (Å²) < 4.78 is 13.2. The first kappa shape index (κ1) is 10.5. The Morgan fingerprint density at radius 2 is 2.36 bits per heavy atom. The van der Waals surface area contributed by atoms with Gasteiger partial charge in [-0.3, -0.25) is 4.79 Å². The van der Waals surface area contributed by atoms with Crippen LogP contribution in [0.3, 0.4) is 0 Å². The molecular formula is C8H5ClFN3O. The zero-order valence-electron chi connectivity index (χ0n) is 6.94. The van der Waals surface area contributed by atoms with Crippen LogP contribution in [0.4, 0.5) is 4.39 Å². The molecule has 0 unspecified atom stereocenters. The lowest BCUT2D eigenvalue weighted by molar-refractivity contribution is -0.117. The van der Waals surface area contributed by atoms with Crippen LogP contribution in [-0.4, -0.2) is 5.91 Å². The third-order valence-electron chi connectivity index (χ3n) is 1.53. The van der Waals surface area contributed by atoms with Gasteiger partial charge < -0.3 is 0 Å². The van der Waals surface area contributed by atoms with Gasteiger partial charge in [0, 0.05) is 11.3 Å². The lowest BCUT2D eigenvalue weighted by atomic mass is 10.1. The second-order valence-electron chi connectivity index (χ2n) is 2.47. The monoisotopic (exact) mass is 213 g/mol. The molecule has 0 heterocycles. The fourth-order valence-electron chi connectivity index (χ4n) is 0.933. The van der Waals surface area contributed by atoms with Crippen molar-refractivity contribution in [2.24, 2.45) is 5.11 Å². The zero-order valence-corrected chi connectivity index (χ0v) is 7.70. The van der Waals surface area contributed by atoms with Crippen LogP contribution in [0.15, 0.2) is 23.3 Å². The summed E-state index contributed by atoms with van der Waals surface area (Å²) in [7, 11) is 0. The summed E-state index contributed by atoms with van der Waals surface area (Å²) in [6.45, 7) is 0. The van der Waals surface area contributed by atoms with E-state index in [4.69, 9.17) is 17.1 Å². The quantitative estimate of drug-likeness (QED) is 0.423. The highest BCUT2D eigenvalue weighted by molar-refractivity contribution is 6.30. The fourth-order valence-corrected chi connectivity index (χ4v) is 1.13. The van der Waals surface area contributed by atoms with Crippen LogP contribution in [0, 0.1) is 5.82 Å². The molecule has 0 saturated heterocycles. The van der Waals surface area contributed by atoms with Crippen molar-refractivity contribution in [3.05, 3.63) is 45.0 Å². The highest BCUT2D eigenvalue weighted by Crippen LogP contribution is 2.18. The fraction of sp³-hybridized carbons (Fsp3) is 0.125. The molecule has 72 valence electrons. The smallest absolute Gasteiger partial charge is 0.223 e. The van der Waals surface area contributed by atoms with Crippen molar-refractivity contribution in [3.63, 3.8) is 0 Å². The molecule has 0 aliphatic heterocycles. The molecule has 14 heavy (non-hydrogen) atoms. The van der Waals surface area contributed by atoms with E-state index in [1.54, 1.807) is 0 Å². The molecule has 0 aromatic heterocycles. The van der Waals surface area contributed by atoms with E-state index in [9.17, 15) is 9.18 Å². The molecule has 4 nitrogen and oxygen atoms in total. The number of hydrogen-bond donors (Lipinski definition) is 0. The first-order valence-electron chi connectivity index (χ1n) is 3.66. The van der Waals surface area contributed by atoms with Crippen molar-refractivity contribution >= 4 is 17.5 Å². The van der Waals surface area contributed by atoms with Crippen molar-refractivity contribution in [3.8, 4) is 0 Å². The molecule has 0 N–H and O–H groups in total. The summed E-state index contributed by atoms with van der Waals surface area (Å²) >= 11 is 5.48. The highest BCUT2D eigenvalue weighted by Gasteiger charge is 2.08. The Kier molecular flexibility index (Phi) is 3.45. The van der Waals surface area contributed by atoms with Crippen LogP contribution in [0.1, 0.15) is 5.56 Å². The molecule has 0 aliphatic carbocycles. The molecule has 0 atom stereocenters. The van der Waals surface area contributed by atoms with Crippen molar-refractivity contribution in [2.75, 3.05) is 0 Å². The first-order chi connectivity index (χ1) is 6.65. The summed E-state index contributed by atoms with van der Waals surface area (Å²) in [5, 5.41) is 2.76. The largest absolute Gasteiger partial charge is 0.292 e. The Labute approximate surface area is 83.9 Å². The van der Waals surface area contributed by atoms with Gasteiger partial charge in [-0.25, -0.2) is 4.39 Å². The highest BCUT2D eigenvalue weighted by atomic mass is 35.5. The van der Waals surface area contributed by atoms with Crippen LogP contribution in [0.5, 0.6) is 0 Å². The van der Waals surface area contributed by atoms with Gasteiger partial charge in [-0.2, -0.15) is 0 Å². The van der Waals surface area contributed by atoms with Gasteiger partial charge in [-0.15, -0.1) is 0 Å². The average Bonchev–Trinajstić information content (AvgIpc) is 2.13. The lowest BCUT2D eigenvalue weighted by Gasteiger charge is -2.00. The van der Waals surface area contributed by atoms with Crippen molar-refractivity contribution < 1.29 is 9.18 Å². The summed E-state index contributed by atoms with van der Waals surface area (Å²) in [5.41, 5.74) is 8.08. The van der Waals surface area contributed by atoms with Gasteiger partial charge in [0.1, 0.15) is 5.82 Å². The average molecular weight is 214 g/mol. The summed E-state index contributed by atoms with van der Waals surface area (Å²) in [4.78, 5) is 13.1. The molecule has 0 saturated carbocycles. The maximum atomic E-state index is 13.2. The van der Waals surface area contributed by atoms with E-state index < -0.39 is 11.7 Å². The molecular weight excluding hydrogens is 209 g/mol. The third-order valence-corrected chi connectivity index (χ3v) is 1.82. The number of benzene rings is 1. The SMILES string of the molecule is [N-]=[N+]=NC(=O)Cc1cccc(Cl)c1F. The minimum Gasteiger partial charge on any atom is -0.292 e. The standard InChI is InChI=1S/C8H5ClFN3O/c9-6-3-1-2-5(8(6)10)4-7(14)12-13-11/h1-3H,4H2. The Morgan fingerprint density at radius 3 is 3.00 bits per heavy atom. The van der Waals surface area contributed by atoms with Crippen LogP contribution in [0.2, 0.25) is 5.02 Å². The van der Waals surface area contributed by atoms with Gasteiger partial charge in [0.05, 0.1) is 5.02 Å². The minimum atomic E-state index is -0.742. The molecule has 0 aliphatic rings. The van der Waals surface area contributed by atoms with Gasteiger partial charge in [0.25, 0.3) is 0 Å². The minimum absolute atomic E-state index is 0.0590. The van der Waals surface area contributed by atoms with Crippen LogP contribution in [-0.2, 0) is 11.2 Å². The van der Waals surface area contributed by atoms with Crippen LogP contribution in [0.25, 0.3) is 10.4 Å². The zero-order chi connectivity index (χ0) is 10.6. The number of carbonyl (C=O) groups excluding carboxylic acids is 1. The number of rotatable bonds is 2. The summed E-state index contributed by atoms with van der Waals surface area (Å²) in [5.74, 6) is -1.40. The predicted molar refractivity (Wildman–Crippen MR) is 49.3 cm³/mol. The molecule has 0 radical (unpaired) electrons. The van der Waals surface area contributed by atoms with Crippen molar-refractivity contribution in [1.29, 1.82) is 0 Å². The molecule has 1 amide bonds. The number of amides is 1. The van der Waals surface area contributed by atoms with E-state index in [0.29, 0.717) is 0 Å². The normalized spacial score (nSPS) is 9.29. The third kappa shape index (κ3) is 2.45. The maximum Gasteiger partial charge on any atom is 0.223 e. The molecule has 1 aromatic rings. The van der Waals surface area contributed by atoms with E-state index in [-0.39, 0.29) is 17.0 Å². The lowest BCUT2D eigenvalue weighted by Crippen LogP contribution is -2.00. The van der Waals surface area contributed by atoms with E-state index in [2.05, 4.69) is 10.0 Å². The van der Waals surface area contributed by atoms with Gasteiger partial charge in [0.15, 0.2) is 0 Å². The van der Waals surface area contributed by atoms with Gasteiger partial charge in [-0.05, 0) is 22.3 Å². The Morgan fingerprint density at radius 1 is 1.64 bits per heavy atom. The molecule has 0 spiro atoms. The Hall–Kier alpha value is -1.58. The number of halogens is 2. The first-order valence-corrected chi connectivity index (χ1v) is 4.03.